The van der Waals surface area contributed by atoms with Crippen LogP contribution in [0.25, 0.3) is 0 Å². The number of hydrogen-bond donors (Lipinski definition) is 1. The maximum Gasteiger partial charge on any atom is 0.407 e. The van der Waals surface area contributed by atoms with Gasteiger partial charge in [-0.15, -0.1) is 0 Å². The molecule has 10 heteroatoms. The van der Waals surface area contributed by atoms with Crippen LogP contribution in [-0.4, -0.2) is 95.6 Å². The first-order valence-corrected chi connectivity index (χ1v) is 39.8. The zero-order valence-electron chi connectivity index (χ0n) is 61.2. The second-order valence-corrected chi connectivity index (χ2v) is 28.7. The molecule has 0 heterocycles. The highest BCUT2D eigenvalue weighted by Crippen LogP contribution is 2.24. The highest BCUT2D eigenvalue weighted by Gasteiger charge is 2.29. The Morgan fingerprint density at radius 1 is 0.337 bits per heavy atom. The summed E-state index contributed by atoms with van der Waals surface area (Å²) in [6.07, 6.45) is 64.6. The average Bonchev–Trinajstić information content (AvgIpc) is 3.72. The fourth-order valence-corrected chi connectivity index (χ4v) is 12.9. The number of nitrogens with zero attached hydrogens (tertiary/aromatic N) is 3. The normalized spacial score (nSPS) is 12.1. The van der Waals surface area contributed by atoms with Gasteiger partial charge in [-0.25, -0.2) is 9.18 Å². The SMILES string of the molecule is CCCCCCCCCCN(CCCCCCCCCC)C(=O)CCCCCCCCC(CCCCCCCCC(=O)N(CCCCCCCCCC)CCCCCCCCCC)N(CCCCCCCCCC)C(=O)C(F)CCCNC(=O)OC(C)(C)C. The zero-order valence-corrected chi connectivity index (χ0v) is 61.2. The number of amides is 4. The summed E-state index contributed by atoms with van der Waals surface area (Å²) in [6.45, 7) is 21.4. The quantitative estimate of drug-likeness (QED) is 0.0612. The van der Waals surface area contributed by atoms with E-state index in [1.807, 2.05) is 25.7 Å². The van der Waals surface area contributed by atoms with Gasteiger partial charge in [-0.2, -0.15) is 0 Å². The summed E-state index contributed by atoms with van der Waals surface area (Å²) in [5.74, 6) is 0.342. The summed E-state index contributed by atoms with van der Waals surface area (Å²) in [4.78, 5) is 60.5. The predicted octanol–water partition coefficient (Wildman–Crippen LogP) is 24.4. The zero-order chi connectivity index (χ0) is 65.4. The van der Waals surface area contributed by atoms with Crippen LogP contribution in [0.4, 0.5) is 9.18 Å². The second-order valence-electron chi connectivity index (χ2n) is 28.7. The van der Waals surface area contributed by atoms with Crippen LogP contribution >= 0.6 is 0 Å². The van der Waals surface area contributed by atoms with Crippen molar-refractivity contribution in [3.05, 3.63) is 0 Å². The van der Waals surface area contributed by atoms with Crippen LogP contribution in [0, 0.1) is 0 Å². The minimum atomic E-state index is -1.61. The maximum atomic E-state index is 16.3. The molecule has 0 aliphatic rings. The van der Waals surface area contributed by atoms with Gasteiger partial charge >= 0.3 is 6.09 Å². The van der Waals surface area contributed by atoms with Crippen LogP contribution in [0.3, 0.4) is 0 Å². The lowest BCUT2D eigenvalue weighted by atomic mass is 9.97. The molecule has 0 saturated carbocycles. The Morgan fingerprint density at radius 3 is 0.888 bits per heavy atom. The molecule has 0 aromatic rings. The molecule has 0 fully saturated rings. The van der Waals surface area contributed by atoms with E-state index in [4.69, 9.17) is 4.74 Å². The first-order chi connectivity index (χ1) is 43.3. The molecule has 0 spiro atoms. The number of alkyl carbamates (subject to hydrolysis) is 1. The van der Waals surface area contributed by atoms with Crippen LogP contribution in [0.1, 0.15) is 428 Å². The minimum Gasteiger partial charge on any atom is -0.444 e. The van der Waals surface area contributed by atoms with Crippen LogP contribution < -0.4 is 5.32 Å². The number of alkyl halides is 1. The Kier molecular flexibility index (Phi) is 63.9. The van der Waals surface area contributed by atoms with Gasteiger partial charge in [0.1, 0.15) is 5.60 Å². The van der Waals surface area contributed by atoms with Crippen molar-refractivity contribution >= 4 is 23.8 Å². The molecular formula is C79H155FN4O5. The van der Waals surface area contributed by atoms with Crippen molar-refractivity contribution in [3.8, 4) is 0 Å². The summed E-state index contributed by atoms with van der Waals surface area (Å²) in [5, 5.41) is 2.76. The van der Waals surface area contributed by atoms with E-state index in [1.165, 1.54) is 212 Å². The number of ether oxygens (including phenoxy) is 1. The van der Waals surface area contributed by atoms with E-state index in [1.54, 1.807) is 0 Å². The minimum absolute atomic E-state index is 0.00151. The van der Waals surface area contributed by atoms with Crippen molar-refractivity contribution in [3.63, 3.8) is 0 Å². The third-order valence-corrected chi connectivity index (χ3v) is 18.7. The average molecular weight is 1260 g/mol. The highest BCUT2D eigenvalue weighted by molar-refractivity contribution is 5.81. The summed E-state index contributed by atoms with van der Waals surface area (Å²) in [6, 6.07) is 0.00151. The molecule has 0 saturated heterocycles. The van der Waals surface area contributed by atoms with Gasteiger partial charge in [0.2, 0.25) is 11.8 Å². The summed E-state index contributed by atoms with van der Waals surface area (Å²) in [5.41, 5.74) is -0.615. The van der Waals surface area contributed by atoms with E-state index in [-0.39, 0.29) is 24.9 Å². The van der Waals surface area contributed by atoms with Gasteiger partial charge in [0.05, 0.1) is 0 Å². The van der Waals surface area contributed by atoms with Crippen molar-refractivity contribution in [1.82, 2.24) is 20.0 Å². The van der Waals surface area contributed by atoms with Gasteiger partial charge in [-0.05, 0) is 91.4 Å². The Balaban J connectivity index is 5.76. The standard InChI is InChI=1S/C79H155FN4O5/c1-9-14-19-24-29-38-47-56-68-82(69-57-48-39-30-25-20-15-10-2)75(85)65-54-45-36-34-43-52-62-73(84(72-60-51-42-33-28-23-18-13-5)77(87)74(80)64-61-67-81-78(88)89-79(6,7)8)63-53-44-35-37-46-55-66-76(86)83(70-58-49-40-31-26-21-16-11-3)71-59-50-41-32-27-22-17-12-4/h73-74H,9-72H2,1-8H3,(H,81,88). The van der Waals surface area contributed by atoms with E-state index >= 15 is 4.39 Å². The van der Waals surface area contributed by atoms with Crippen LogP contribution in [-0.2, 0) is 19.1 Å². The molecule has 0 bridgehead atoms. The number of halogens is 1. The van der Waals surface area contributed by atoms with E-state index in [2.05, 4.69) is 49.7 Å². The van der Waals surface area contributed by atoms with Gasteiger partial charge in [-0.3, -0.25) is 14.4 Å². The summed E-state index contributed by atoms with van der Waals surface area (Å²) < 4.78 is 21.7. The van der Waals surface area contributed by atoms with Crippen LogP contribution in [0.2, 0.25) is 0 Å². The maximum absolute atomic E-state index is 16.3. The Bertz CT molecular complexity index is 1430. The number of nitrogens with one attached hydrogen (secondary N) is 1. The molecular weight excluding hydrogens is 1100 g/mol. The molecule has 1 N–H and O–H groups in total. The van der Waals surface area contributed by atoms with Crippen molar-refractivity contribution < 1.29 is 28.3 Å². The molecule has 0 radical (unpaired) electrons. The van der Waals surface area contributed by atoms with Crippen LogP contribution in [0.15, 0.2) is 0 Å². The Morgan fingerprint density at radius 2 is 0.596 bits per heavy atom. The third kappa shape index (κ3) is 58.0. The first-order valence-electron chi connectivity index (χ1n) is 39.8. The van der Waals surface area contributed by atoms with Crippen molar-refractivity contribution in [1.29, 1.82) is 0 Å². The van der Waals surface area contributed by atoms with E-state index in [9.17, 15) is 19.2 Å². The van der Waals surface area contributed by atoms with Gasteiger partial charge in [-0.1, -0.05) is 324 Å². The van der Waals surface area contributed by atoms with Gasteiger partial charge < -0.3 is 24.8 Å². The predicted molar refractivity (Wildman–Crippen MR) is 384 cm³/mol. The second kappa shape index (κ2) is 65.7. The van der Waals surface area contributed by atoms with E-state index < -0.39 is 17.9 Å². The van der Waals surface area contributed by atoms with Crippen molar-refractivity contribution in [2.24, 2.45) is 0 Å². The third-order valence-electron chi connectivity index (χ3n) is 18.7. The lowest BCUT2D eigenvalue weighted by Gasteiger charge is -2.33. The largest absolute Gasteiger partial charge is 0.444 e. The van der Waals surface area contributed by atoms with Gasteiger partial charge in [0.15, 0.2) is 6.17 Å². The fourth-order valence-electron chi connectivity index (χ4n) is 12.9. The number of rotatable bonds is 69. The lowest BCUT2D eigenvalue weighted by Crippen LogP contribution is -2.45. The first kappa shape index (κ1) is 86.6. The molecule has 89 heavy (non-hydrogen) atoms. The van der Waals surface area contributed by atoms with Crippen molar-refractivity contribution in [2.75, 3.05) is 39.3 Å². The summed E-state index contributed by atoms with van der Waals surface area (Å²) >= 11 is 0. The molecule has 0 aliphatic heterocycles. The topological polar surface area (TPSA) is 99.3 Å². The lowest BCUT2D eigenvalue weighted by molar-refractivity contribution is -0.140. The Hall–Kier alpha value is -2.39. The number of carbonyl (C=O) groups excluding carboxylic acids is 4. The van der Waals surface area contributed by atoms with E-state index in [0.29, 0.717) is 37.6 Å². The molecule has 0 aliphatic carbocycles. The molecule has 1 atom stereocenters. The Labute approximate surface area is 554 Å². The molecule has 0 aromatic carbocycles. The summed E-state index contributed by atoms with van der Waals surface area (Å²) in [7, 11) is 0. The van der Waals surface area contributed by atoms with Gasteiger partial charge in [0, 0.05) is 58.2 Å². The monoisotopic (exact) mass is 1260 g/mol. The van der Waals surface area contributed by atoms with Crippen LogP contribution in [0.5, 0.6) is 0 Å². The number of unbranched alkanes of at least 4 members (excludes halogenated alkanes) is 45. The smallest absolute Gasteiger partial charge is 0.407 e. The molecule has 9 nitrogen and oxygen atoms in total. The number of hydrogen-bond acceptors (Lipinski definition) is 5. The fraction of sp³-hybridized carbons (Fsp3) is 0.949. The molecule has 1 unspecified atom stereocenters. The molecule has 0 aromatic heterocycles. The van der Waals surface area contributed by atoms with Gasteiger partial charge in [0.25, 0.3) is 5.91 Å². The molecule has 528 valence electrons. The molecule has 0 rings (SSSR count). The number of carbonyl (C=O) groups is 4. The highest BCUT2D eigenvalue weighted by atomic mass is 19.1. The van der Waals surface area contributed by atoms with E-state index in [0.717, 1.165) is 161 Å². The molecule has 4 amide bonds. The van der Waals surface area contributed by atoms with Crippen molar-refractivity contribution in [2.45, 2.75) is 446 Å².